The maximum absolute atomic E-state index is 13.5. The predicted molar refractivity (Wildman–Crippen MR) is 64.5 cm³/mol. The van der Waals surface area contributed by atoms with Crippen LogP contribution in [0.25, 0.3) is 0 Å². The van der Waals surface area contributed by atoms with E-state index in [0.717, 1.165) is 23.7 Å². The van der Waals surface area contributed by atoms with E-state index in [1.165, 1.54) is 12.1 Å². The van der Waals surface area contributed by atoms with Crippen molar-refractivity contribution in [1.82, 2.24) is 0 Å². The summed E-state index contributed by atoms with van der Waals surface area (Å²) in [6.07, 6.45) is 1.74. The van der Waals surface area contributed by atoms with Gasteiger partial charge in [0.15, 0.2) is 0 Å². The highest BCUT2D eigenvalue weighted by molar-refractivity contribution is 9.09. The highest BCUT2D eigenvalue weighted by Gasteiger charge is 2.12. The third-order valence-corrected chi connectivity index (χ3v) is 2.69. The SMILES string of the molecule is CCOC(=O)c1ccc(CCCBr)cc1F. The number of hydrogen-bond acceptors (Lipinski definition) is 2. The van der Waals surface area contributed by atoms with Crippen LogP contribution in [-0.4, -0.2) is 17.9 Å². The molecule has 0 bridgehead atoms. The summed E-state index contributed by atoms with van der Waals surface area (Å²) in [5, 5.41) is 0.883. The van der Waals surface area contributed by atoms with Crippen molar-refractivity contribution in [3.63, 3.8) is 0 Å². The quantitative estimate of drug-likeness (QED) is 0.614. The molecule has 0 spiro atoms. The number of rotatable bonds is 5. The lowest BCUT2D eigenvalue weighted by molar-refractivity contribution is 0.0521. The van der Waals surface area contributed by atoms with Crippen molar-refractivity contribution in [1.29, 1.82) is 0 Å². The molecule has 2 nitrogen and oxygen atoms in total. The molecule has 88 valence electrons. The van der Waals surface area contributed by atoms with Gasteiger partial charge in [-0.2, -0.15) is 0 Å². The fraction of sp³-hybridized carbons (Fsp3) is 0.417. The average molecular weight is 289 g/mol. The molecule has 0 aromatic heterocycles. The Morgan fingerprint density at radius 3 is 2.81 bits per heavy atom. The number of alkyl halides is 1. The lowest BCUT2D eigenvalue weighted by atomic mass is 10.1. The van der Waals surface area contributed by atoms with E-state index in [2.05, 4.69) is 15.9 Å². The van der Waals surface area contributed by atoms with Crippen LogP contribution in [0.1, 0.15) is 29.3 Å². The van der Waals surface area contributed by atoms with Crippen molar-refractivity contribution < 1.29 is 13.9 Å². The number of carbonyl (C=O) groups is 1. The lowest BCUT2D eigenvalue weighted by Gasteiger charge is -2.05. The molecule has 0 N–H and O–H groups in total. The summed E-state index contributed by atoms with van der Waals surface area (Å²) in [7, 11) is 0. The zero-order valence-electron chi connectivity index (χ0n) is 9.13. The van der Waals surface area contributed by atoms with E-state index in [0.29, 0.717) is 0 Å². The molecule has 16 heavy (non-hydrogen) atoms. The molecule has 0 amide bonds. The molecular formula is C12H14BrFO2. The predicted octanol–water partition coefficient (Wildman–Crippen LogP) is 3.33. The van der Waals surface area contributed by atoms with Crippen molar-refractivity contribution in [2.24, 2.45) is 0 Å². The lowest BCUT2D eigenvalue weighted by Crippen LogP contribution is -2.07. The van der Waals surface area contributed by atoms with Gasteiger partial charge in [0.2, 0.25) is 0 Å². The zero-order chi connectivity index (χ0) is 12.0. The van der Waals surface area contributed by atoms with Gasteiger partial charge in [-0.1, -0.05) is 22.0 Å². The highest BCUT2D eigenvalue weighted by Crippen LogP contribution is 2.13. The molecule has 0 atom stereocenters. The van der Waals surface area contributed by atoms with Crippen LogP contribution in [0.3, 0.4) is 0 Å². The third-order valence-electron chi connectivity index (χ3n) is 2.13. The Morgan fingerprint density at radius 2 is 2.25 bits per heavy atom. The molecule has 0 heterocycles. The first-order chi connectivity index (χ1) is 7.69. The van der Waals surface area contributed by atoms with Crippen molar-refractivity contribution >= 4 is 21.9 Å². The molecule has 0 fully saturated rings. The molecule has 0 aliphatic carbocycles. The van der Waals surface area contributed by atoms with Gasteiger partial charge < -0.3 is 4.74 Å². The first-order valence-corrected chi connectivity index (χ1v) is 6.32. The average Bonchev–Trinajstić information content (AvgIpc) is 2.26. The normalized spacial score (nSPS) is 10.2. The summed E-state index contributed by atoms with van der Waals surface area (Å²) in [6, 6.07) is 4.64. The fourth-order valence-electron chi connectivity index (χ4n) is 1.36. The Balaban J connectivity index is 2.78. The van der Waals surface area contributed by atoms with Crippen LogP contribution in [0, 0.1) is 5.82 Å². The summed E-state index contributed by atoms with van der Waals surface area (Å²) in [4.78, 5) is 11.3. The molecule has 0 unspecified atom stereocenters. The van der Waals surface area contributed by atoms with Crippen LogP contribution in [0.5, 0.6) is 0 Å². The second-order valence-corrected chi connectivity index (χ2v) is 4.12. The second kappa shape index (κ2) is 6.63. The van der Waals surface area contributed by atoms with Crippen LogP contribution in [0.2, 0.25) is 0 Å². The van der Waals surface area contributed by atoms with E-state index in [1.807, 2.05) is 0 Å². The molecule has 1 rings (SSSR count). The van der Waals surface area contributed by atoms with Gasteiger partial charge in [-0.05, 0) is 37.5 Å². The van der Waals surface area contributed by atoms with Gasteiger partial charge in [-0.15, -0.1) is 0 Å². The van der Waals surface area contributed by atoms with E-state index < -0.39 is 11.8 Å². The number of aryl methyl sites for hydroxylation is 1. The summed E-state index contributed by atoms with van der Waals surface area (Å²) in [6.45, 7) is 1.95. The van der Waals surface area contributed by atoms with Crippen LogP contribution in [-0.2, 0) is 11.2 Å². The van der Waals surface area contributed by atoms with Crippen molar-refractivity contribution in [3.8, 4) is 0 Å². The first-order valence-electron chi connectivity index (χ1n) is 5.20. The minimum Gasteiger partial charge on any atom is -0.462 e. The van der Waals surface area contributed by atoms with Gasteiger partial charge in [0.05, 0.1) is 12.2 Å². The molecule has 0 radical (unpaired) electrons. The van der Waals surface area contributed by atoms with Crippen LogP contribution in [0.4, 0.5) is 4.39 Å². The molecule has 0 saturated heterocycles. The monoisotopic (exact) mass is 288 g/mol. The highest BCUT2D eigenvalue weighted by atomic mass is 79.9. The van der Waals surface area contributed by atoms with Gasteiger partial charge in [0, 0.05) is 5.33 Å². The molecule has 1 aromatic carbocycles. The Hall–Kier alpha value is -0.900. The first kappa shape index (κ1) is 13.2. The van der Waals surface area contributed by atoms with Gasteiger partial charge in [0.1, 0.15) is 5.82 Å². The van der Waals surface area contributed by atoms with Crippen molar-refractivity contribution in [2.45, 2.75) is 19.8 Å². The number of hydrogen-bond donors (Lipinski definition) is 0. The summed E-state index contributed by atoms with van der Waals surface area (Å²) >= 11 is 3.32. The Labute approximate surface area is 103 Å². The van der Waals surface area contributed by atoms with Crippen LogP contribution >= 0.6 is 15.9 Å². The number of halogens is 2. The number of ether oxygens (including phenoxy) is 1. The number of carbonyl (C=O) groups excluding carboxylic acids is 1. The van der Waals surface area contributed by atoms with E-state index in [-0.39, 0.29) is 12.2 Å². The summed E-state index contributed by atoms with van der Waals surface area (Å²) < 4.78 is 18.3. The summed E-state index contributed by atoms with van der Waals surface area (Å²) in [5.41, 5.74) is 0.898. The van der Waals surface area contributed by atoms with Gasteiger partial charge in [-0.3, -0.25) is 0 Å². The maximum Gasteiger partial charge on any atom is 0.341 e. The largest absolute Gasteiger partial charge is 0.462 e. The van der Waals surface area contributed by atoms with Gasteiger partial charge >= 0.3 is 5.97 Å². The molecule has 1 aromatic rings. The van der Waals surface area contributed by atoms with Crippen LogP contribution < -0.4 is 0 Å². The second-order valence-electron chi connectivity index (χ2n) is 3.33. The standard InChI is InChI=1S/C12H14BrFO2/c1-2-16-12(15)10-6-5-9(4-3-7-13)8-11(10)14/h5-6,8H,2-4,7H2,1H3. The Kier molecular flexibility index (Phi) is 5.46. The number of benzene rings is 1. The molecule has 0 aliphatic rings. The molecule has 0 aliphatic heterocycles. The van der Waals surface area contributed by atoms with Gasteiger partial charge in [0.25, 0.3) is 0 Å². The minimum absolute atomic E-state index is 0.00411. The van der Waals surface area contributed by atoms with E-state index in [4.69, 9.17) is 4.74 Å². The Morgan fingerprint density at radius 1 is 1.50 bits per heavy atom. The van der Waals surface area contributed by atoms with Gasteiger partial charge in [-0.25, -0.2) is 9.18 Å². The molecule has 4 heteroatoms. The van der Waals surface area contributed by atoms with Crippen LogP contribution in [0.15, 0.2) is 18.2 Å². The third kappa shape index (κ3) is 3.59. The Bertz CT molecular complexity index is 366. The topological polar surface area (TPSA) is 26.3 Å². The van der Waals surface area contributed by atoms with E-state index >= 15 is 0 Å². The minimum atomic E-state index is -0.605. The van der Waals surface area contributed by atoms with E-state index in [9.17, 15) is 9.18 Å². The zero-order valence-corrected chi connectivity index (χ0v) is 10.7. The molecule has 0 saturated carbocycles. The molecular weight excluding hydrogens is 275 g/mol. The summed E-state index contributed by atoms with van der Waals surface area (Å²) in [5.74, 6) is -1.11. The smallest absolute Gasteiger partial charge is 0.341 e. The van der Waals surface area contributed by atoms with Crippen molar-refractivity contribution in [2.75, 3.05) is 11.9 Å². The van der Waals surface area contributed by atoms with E-state index in [1.54, 1.807) is 13.0 Å². The fourth-order valence-corrected chi connectivity index (χ4v) is 1.64. The maximum atomic E-state index is 13.5. The van der Waals surface area contributed by atoms with Crippen molar-refractivity contribution in [3.05, 3.63) is 35.1 Å². The number of esters is 1.